The second-order valence-corrected chi connectivity index (χ2v) is 10.3. The van der Waals surface area contributed by atoms with Crippen molar-refractivity contribution in [1.82, 2.24) is 0 Å². The van der Waals surface area contributed by atoms with Crippen molar-refractivity contribution < 1.29 is 22.1 Å². The smallest absolute Gasteiger partial charge is 0.339 e. The number of hydrogen-bond acceptors (Lipinski definition) is 6. The zero-order valence-corrected chi connectivity index (χ0v) is 22.0. The van der Waals surface area contributed by atoms with Gasteiger partial charge in [-0.05, 0) is 77.5 Å². The molecule has 0 saturated carbocycles. The standard InChI is InChI=1S/C24H18Br2N2O5S/c1-15-3-9-21(10-4-15)34(30,31)33-23-16(12-18(25)13-22(23)26)11-17(14-27)24(29)28-19-5-7-20(32-2)8-6-19/h3-13H,1-2H3,(H,28,29)/b17-11+. The summed E-state index contributed by atoms with van der Waals surface area (Å²) in [7, 11) is -2.65. The molecule has 0 atom stereocenters. The number of aryl methyl sites for hydroxylation is 1. The van der Waals surface area contributed by atoms with Gasteiger partial charge in [-0.2, -0.15) is 13.7 Å². The van der Waals surface area contributed by atoms with Gasteiger partial charge in [0.1, 0.15) is 22.3 Å². The number of benzene rings is 3. The second-order valence-electron chi connectivity index (χ2n) is 7.01. The van der Waals surface area contributed by atoms with E-state index in [1.54, 1.807) is 48.5 Å². The number of ether oxygens (including phenoxy) is 1. The van der Waals surface area contributed by atoms with Gasteiger partial charge < -0.3 is 14.2 Å². The van der Waals surface area contributed by atoms with E-state index in [0.717, 1.165) is 5.56 Å². The van der Waals surface area contributed by atoms with Gasteiger partial charge in [0.15, 0.2) is 5.75 Å². The first-order valence-electron chi connectivity index (χ1n) is 9.70. The second kappa shape index (κ2) is 10.9. The third-order valence-corrected chi connectivity index (χ3v) is 6.84. The Balaban J connectivity index is 1.96. The fourth-order valence-electron chi connectivity index (χ4n) is 2.82. The number of halogens is 2. The molecule has 0 unspecified atom stereocenters. The van der Waals surface area contributed by atoms with Crippen LogP contribution in [0.15, 0.2) is 80.1 Å². The van der Waals surface area contributed by atoms with E-state index in [2.05, 4.69) is 37.2 Å². The average molecular weight is 606 g/mol. The van der Waals surface area contributed by atoms with E-state index >= 15 is 0 Å². The molecule has 7 nitrogen and oxygen atoms in total. The van der Waals surface area contributed by atoms with E-state index in [0.29, 0.717) is 20.4 Å². The van der Waals surface area contributed by atoms with Crippen LogP contribution in [0.5, 0.6) is 11.5 Å². The maximum atomic E-state index is 12.9. The molecular formula is C24H18Br2N2O5S. The van der Waals surface area contributed by atoms with Crippen molar-refractivity contribution in [3.63, 3.8) is 0 Å². The largest absolute Gasteiger partial charge is 0.497 e. The van der Waals surface area contributed by atoms with Crippen molar-refractivity contribution >= 4 is 59.6 Å². The Morgan fingerprint density at radius 1 is 1.06 bits per heavy atom. The normalized spacial score (nSPS) is 11.4. The maximum absolute atomic E-state index is 12.9. The van der Waals surface area contributed by atoms with Crippen LogP contribution in [0.4, 0.5) is 5.69 Å². The quantitative estimate of drug-likeness (QED) is 0.206. The number of nitriles is 1. The third kappa shape index (κ3) is 6.26. The number of carbonyl (C=O) groups is 1. The van der Waals surface area contributed by atoms with Crippen molar-refractivity contribution in [2.75, 3.05) is 12.4 Å². The highest BCUT2D eigenvalue weighted by atomic mass is 79.9. The zero-order chi connectivity index (χ0) is 24.9. The molecule has 0 radical (unpaired) electrons. The lowest BCUT2D eigenvalue weighted by molar-refractivity contribution is -0.112. The van der Waals surface area contributed by atoms with Gasteiger partial charge in [-0.1, -0.05) is 33.6 Å². The summed E-state index contributed by atoms with van der Waals surface area (Å²) in [5, 5.41) is 12.2. The first-order valence-corrected chi connectivity index (χ1v) is 12.7. The van der Waals surface area contributed by atoms with Crippen molar-refractivity contribution in [3.05, 3.63) is 86.3 Å². The van der Waals surface area contributed by atoms with Crippen molar-refractivity contribution in [2.24, 2.45) is 0 Å². The fraction of sp³-hybridized carbons (Fsp3) is 0.0833. The molecule has 0 aliphatic rings. The van der Waals surface area contributed by atoms with E-state index < -0.39 is 16.0 Å². The Hall–Kier alpha value is -3.13. The van der Waals surface area contributed by atoms with Gasteiger partial charge in [-0.3, -0.25) is 4.79 Å². The summed E-state index contributed by atoms with van der Waals surface area (Å²) < 4.78 is 37.1. The van der Waals surface area contributed by atoms with Gasteiger partial charge in [0.05, 0.1) is 11.6 Å². The summed E-state index contributed by atoms with van der Waals surface area (Å²) in [6, 6.07) is 17.8. The topological polar surface area (TPSA) is 105 Å². The summed E-state index contributed by atoms with van der Waals surface area (Å²) in [4.78, 5) is 12.7. The first-order chi connectivity index (χ1) is 16.1. The third-order valence-electron chi connectivity index (χ3n) is 4.55. The summed E-state index contributed by atoms with van der Waals surface area (Å²) >= 11 is 6.64. The number of nitrogens with zero attached hydrogens (tertiary/aromatic N) is 1. The molecule has 34 heavy (non-hydrogen) atoms. The highest BCUT2D eigenvalue weighted by Gasteiger charge is 2.22. The van der Waals surface area contributed by atoms with Crippen molar-refractivity contribution in [3.8, 4) is 17.6 Å². The molecule has 0 aliphatic heterocycles. The molecule has 3 aromatic rings. The highest BCUT2D eigenvalue weighted by molar-refractivity contribution is 9.11. The molecule has 0 aliphatic carbocycles. The van der Waals surface area contributed by atoms with Crippen molar-refractivity contribution in [1.29, 1.82) is 5.26 Å². The minimum atomic E-state index is -4.18. The Bertz CT molecular complexity index is 1400. The van der Waals surface area contributed by atoms with Crippen LogP contribution >= 0.6 is 31.9 Å². The molecule has 0 spiro atoms. The van der Waals surface area contributed by atoms with Gasteiger partial charge in [0, 0.05) is 15.7 Å². The summed E-state index contributed by atoms with van der Waals surface area (Å²) in [6.07, 6.45) is 1.26. The SMILES string of the molecule is COc1ccc(NC(=O)/C(C#N)=C/c2cc(Br)cc(Br)c2OS(=O)(=O)c2ccc(C)cc2)cc1. The minimum absolute atomic E-state index is 0.0272. The lowest BCUT2D eigenvalue weighted by Gasteiger charge is -2.13. The first kappa shape index (κ1) is 25.5. The van der Waals surface area contributed by atoms with Crippen LogP contribution in [0.1, 0.15) is 11.1 Å². The van der Waals surface area contributed by atoms with Crippen LogP contribution in [-0.4, -0.2) is 21.4 Å². The van der Waals surface area contributed by atoms with Crippen LogP contribution in [0.2, 0.25) is 0 Å². The van der Waals surface area contributed by atoms with Gasteiger partial charge in [0.25, 0.3) is 5.91 Å². The summed E-state index contributed by atoms with van der Waals surface area (Å²) in [6.45, 7) is 1.84. The number of amides is 1. The predicted molar refractivity (Wildman–Crippen MR) is 136 cm³/mol. The van der Waals surface area contributed by atoms with Crippen LogP contribution in [0.25, 0.3) is 6.08 Å². The number of anilines is 1. The molecule has 0 fully saturated rings. The molecule has 3 aromatic carbocycles. The van der Waals surface area contributed by atoms with E-state index in [1.165, 1.54) is 25.3 Å². The molecule has 0 saturated heterocycles. The number of hydrogen-bond donors (Lipinski definition) is 1. The minimum Gasteiger partial charge on any atom is -0.497 e. The van der Waals surface area contributed by atoms with Gasteiger partial charge in [0.2, 0.25) is 0 Å². The van der Waals surface area contributed by atoms with E-state index in [9.17, 15) is 18.5 Å². The highest BCUT2D eigenvalue weighted by Crippen LogP contribution is 2.36. The van der Waals surface area contributed by atoms with Crippen LogP contribution in [0, 0.1) is 18.3 Å². The lowest BCUT2D eigenvalue weighted by Crippen LogP contribution is -2.14. The summed E-state index contributed by atoms with van der Waals surface area (Å²) in [5.41, 5.74) is 1.31. The molecule has 1 amide bonds. The number of nitrogens with one attached hydrogen (secondary N) is 1. The molecule has 0 heterocycles. The predicted octanol–water partition coefficient (Wildman–Crippen LogP) is 5.84. The maximum Gasteiger partial charge on any atom is 0.339 e. The van der Waals surface area contributed by atoms with Crippen LogP contribution < -0.4 is 14.2 Å². The van der Waals surface area contributed by atoms with E-state index in [1.807, 2.05) is 13.0 Å². The molecule has 0 aromatic heterocycles. The van der Waals surface area contributed by atoms with Gasteiger partial charge in [-0.25, -0.2) is 0 Å². The number of rotatable bonds is 7. The Morgan fingerprint density at radius 3 is 2.29 bits per heavy atom. The molecule has 174 valence electrons. The van der Waals surface area contributed by atoms with Crippen LogP contribution in [0.3, 0.4) is 0 Å². The molecule has 3 rings (SSSR count). The van der Waals surface area contributed by atoms with Crippen LogP contribution in [-0.2, 0) is 14.9 Å². The Kier molecular flexibility index (Phi) is 8.15. The monoisotopic (exact) mass is 604 g/mol. The summed E-state index contributed by atoms with van der Waals surface area (Å²) in [5.74, 6) is -0.116. The van der Waals surface area contributed by atoms with Gasteiger partial charge in [-0.15, -0.1) is 0 Å². The van der Waals surface area contributed by atoms with E-state index in [4.69, 9.17) is 8.92 Å². The average Bonchev–Trinajstić information content (AvgIpc) is 2.80. The lowest BCUT2D eigenvalue weighted by atomic mass is 10.1. The van der Waals surface area contributed by atoms with E-state index in [-0.39, 0.29) is 21.8 Å². The number of methoxy groups -OCH3 is 1. The molecule has 10 heteroatoms. The zero-order valence-electron chi connectivity index (χ0n) is 18.0. The molecule has 0 bridgehead atoms. The number of carbonyl (C=O) groups excluding carboxylic acids is 1. The molecular weight excluding hydrogens is 588 g/mol. The van der Waals surface area contributed by atoms with Crippen molar-refractivity contribution in [2.45, 2.75) is 11.8 Å². The Morgan fingerprint density at radius 2 is 1.71 bits per heavy atom. The van der Waals surface area contributed by atoms with Gasteiger partial charge >= 0.3 is 10.1 Å². The Labute approximate surface area is 214 Å². The molecule has 1 N–H and O–H groups in total. The fourth-order valence-corrected chi connectivity index (χ4v) is 5.23.